The molecule has 1 heterocycles. The van der Waals surface area contributed by atoms with E-state index in [1.807, 2.05) is 6.20 Å². The third-order valence-electron chi connectivity index (χ3n) is 3.99. The van der Waals surface area contributed by atoms with Crippen LogP contribution in [0.1, 0.15) is 18.4 Å². The van der Waals surface area contributed by atoms with Crippen LogP contribution in [0.15, 0.2) is 41.5 Å². The number of H-pyrrole nitrogens is 1. The fraction of sp³-hybridized carbons (Fsp3) is 0.353. The van der Waals surface area contributed by atoms with Gasteiger partial charge in [-0.1, -0.05) is 12.2 Å². The average molecular weight is 428 g/mol. The minimum Gasteiger partial charge on any atom is -0.361 e. The van der Waals surface area contributed by atoms with Gasteiger partial charge in [0.2, 0.25) is 0 Å². The van der Waals surface area contributed by atoms with Crippen molar-refractivity contribution in [3.05, 3.63) is 47.9 Å². The van der Waals surface area contributed by atoms with Crippen LogP contribution in [0, 0.1) is 5.82 Å². The van der Waals surface area contributed by atoms with E-state index in [4.69, 9.17) is 0 Å². The van der Waals surface area contributed by atoms with Crippen molar-refractivity contribution in [3.63, 3.8) is 0 Å². The maximum atomic E-state index is 13.4. The lowest BCUT2D eigenvalue weighted by Gasteiger charge is -2.16. The Morgan fingerprint density at radius 3 is 2.87 bits per heavy atom. The molecule has 1 aromatic carbocycles. The number of nitrogens with zero attached hydrogens (tertiary/aromatic N) is 1. The molecule has 0 fully saturated rings. The van der Waals surface area contributed by atoms with Crippen LogP contribution in [0.25, 0.3) is 10.9 Å². The van der Waals surface area contributed by atoms with Crippen molar-refractivity contribution >= 4 is 40.8 Å². The van der Waals surface area contributed by atoms with Gasteiger partial charge in [-0.15, -0.1) is 24.0 Å². The number of aromatic amines is 1. The zero-order chi connectivity index (χ0) is 15.4. The van der Waals surface area contributed by atoms with E-state index in [1.165, 1.54) is 6.07 Å². The third-order valence-corrected chi connectivity index (χ3v) is 3.99. The zero-order valence-corrected chi connectivity index (χ0v) is 15.4. The molecular formula is C17H22FIN4. The highest BCUT2D eigenvalue weighted by Gasteiger charge is 2.11. The van der Waals surface area contributed by atoms with Crippen molar-refractivity contribution in [3.8, 4) is 0 Å². The smallest absolute Gasteiger partial charge is 0.191 e. The number of nitrogens with one attached hydrogen (secondary N) is 3. The number of fused-ring (bicyclic) bond motifs is 1. The second-order valence-electron chi connectivity index (χ2n) is 5.54. The van der Waals surface area contributed by atoms with Gasteiger partial charge in [0.15, 0.2) is 5.96 Å². The largest absolute Gasteiger partial charge is 0.361 e. The van der Waals surface area contributed by atoms with Crippen LogP contribution in [0.4, 0.5) is 4.39 Å². The van der Waals surface area contributed by atoms with Crippen molar-refractivity contribution in [1.29, 1.82) is 0 Å². The van der Waals surface area contributed by atoms with E-state index in [9.17, 15) is 4.39 Å². The number of halogens is 2. The van der Waals surface area contributed by atoms with Crippen molar-refractivity contribution in [1.82, 2.24) is 15.6 Å². The van der Waals surface area contributed by atoms with Crippen molar-refractivity contribution < 1.29 is 4.39 Å². The second kappa shape index (κ2) is 8.33. The van der Waals surface area contributed by atoms with Crippen molar-refractivity contribution in [2.45, 2.75) is 25.3 Å². The summed E-state index contributed by atoms with van der Waals surface area (Å²) >= 11 is 0. The van der Waals surface area contributed by atoms with Gasteiger partial charge in [-0.3, -0.25) is 4.99 Å². The van der Waals surface area contributed by atoms with Gasteiger partial charge in [0.1, 0.15) is 5.82 Å². The Labute approximate surface area is 152 Å². The Balaban J connectivity index is 0.00000192. The van der Waals surface area contributed by atoms with Crippen molar-refractivity contribution in [2.75, 3.05) is 13.6 Å². The summed E-state index contributed by atoms with van der Waals surface area (Å²) in [5, 5.41) is 7.67. The van der Waals surface area contributed by atoms with Crippen molar-refractivity contribution in [2.24, 2.45) is 4.99 Å². The summed E-state index contributed by atoms with van der Waals surface area (Å²) in [4.78, 5) is 7.42. The quantitative estimate of drug-likeness (QED) is 0.303. The molecule has 0 spiro atoms. The van der Waals surface area contributed by atoms with E-state index >= 15 is 0 Å². The number of benzene rings is 1. The van der Waals surface area contributed by atoms with E-state index in [0.29, 0.717) is 6.04 Å². The predicted octanol–water partition coefficient (Wildman–Crippen LogP) is 3.35. The van der Waals surface area contributed by atoms with Crippen LogP contribution in [0.3, 0.4) is 0 Å². The maximum absolute atomic E-state index is 13.4. The highest BCUT2D eigenvalue weighted by Crippen LogP contribution is 2.19. The molecule has 0 bridgehead atoms. The van der Waals surface area contributed by atoms with Gasteiger partial charge in [-0.2, -0.15) is 0 Å². The predicted molar refractivity (Wildman–Crippen MR) is 104 cm³/mol. The number of rotatable bonds is 4. The van der Waals surface area contributed by atoms with Gasteiger partial charge >= 0.3 is 0 Å². The molecule has 3 N–H and O–H groups in total. The summed E-state index contributed by atoms with van der Waals surface area (Å²) in [5.41, 5.74) is 2.08. The van der Waals surface area contributed by atoms with E-state index in [2.05, 4.69) is 32.8 Å². The Hall–Kier alpha value is -1.57. The van der Waals surface area contributed by atoms with Gasteiger partial charge in [-0.25, -0.2) is 4.39 Å². The van der Waals surface area contributed by atoms with E-state index < -0.39 is 0 Å². The number of aromatic nitrogens is 1. The molecule has 1 aliphatic rings. The molecule has 0 radical (unpaired) electrons. The zero-order valence-electron chi connectivity index (χ0n) is 13.1. The number of guanidine groups is 1. The first-order valence-corrected chi connectivity index (χ1v) is 7.64. The Morgan fingerprint density at radius 2 is 2.13 bits per heavy atom. The monoisotopic (exact) mass is 428 g/mol. The summed E-state index contributed by atoms with van der Waals surface area (Å²) in [7, 11) is 1.78. The summed E-state index contributed by atoms with van der Waals surface area (Å²) < 4.78 is 13.4. The molecular weight excluding hydrogens is 406 g/mol. The van der Waals surface area contributed by atoms with Crippen LogP contribution < -0.4 is 10.6 Å². The lowest BCUT2D eigenvalue weighted by molar-refractivity contribution is 0.629. The first-order chi connectivity index (χ1) is 10.8. The molecule has 0 amide bonds. The van der Waals surface area contributed by atoms with Crippen LogP contribution in [-0.4, -0.2) is 30.6 Å². The molecule has 23 heavy (non-hydrogen) atoms. The minimum absolute atomic E-state index is 0. The van der Waals surface area contributed by atoms with Crippen LogP contribution in [-0.2, 0) is 6.42 Å². The molecule has 0 saturated heterocycles. The first-order valence-electron chi connectivity index (χ1n) is 7.64. The lowest BCUT2D eigenvalue weighted by Crippen LogP contribution is -2.43. The Bertz CT molecular complexity index is 700. The molecule has 3 rings (SSSR count). The van der Waals surface area contributed by atoms with Crippen LogP contribution >= 0.6 is 24.0 Å². The Morgan fingerprint density at radius 1 is 1.35 bits per heavy atom. The molecule has 0 saturated carbocycles. The van der Waals surface area contributed by atoms with E-state index in [1.54, 1.807) is 19.2 Å². The van der Waals surface area contributed by atoms with Gasteiger partial charge in [-0.05, 0) is 43.0 Å². The molecule has 1 aromatic heterocycles. The molecule has 4 nitrogen and oxygen atoms in total. The molecule has 0 unspecified atom stereocenters. The van der Waals surface area contributed by atoms with Gasteiger partial charge in [0, 0.05) is 36.7 Å². The maximum Gasteiger partial charge on any atom is 0.191 e. The fourth-order valence-corrected chi connectivity index (χ4v) is 2.80. The molecule has 0 aliphatic heterocycles. The Kier molecular flexibility index (Phi) is 6.44. The van der Waals surface area contributed by atoms with Gasteiger partial charge in [0.25, 0.3) is 0 Å². The molecule has 1 aliphatic carbocycles. The lowest BCUT2D eigenvalue weighted by atomic mass is 10.1. The highest BCUT2D eigenvalue weighted by atomic mass is 127. The number of hydrogen-bond donors (Lipinski definition) is 3. The van der Waals surface area contributed by atoms with E-state index in [0.717, 1.165) is 48.2 Å². The normalized spacial score (nSPS) is 15.0. The SMILES string of the molecule is CN=C(NCCc1c[nH]c2ccc(F)cc12)NC1CC=CC1.I. The van der Waals surface area contributed by atoms with Gasteiger partial charge < -0.3 is 15.6 Å². The molecule has 0 atom stereocenters. The standard InChI is InChI=1S/C17H21FN4.HI/c1-19-17(22-14-4-2-3-5-14)20-9-8-12-11-21-16-7-6-13(18)10-15(12)16;/h2-3,6-7,10-11,14,21H,4-5,8-9H2,1H3,(H2,19,20,22);1H. The number of aliphatic imine (C=N–C) groups is 1. The molecule has 6 heteroatoms. The summed E-state index contributed by atoms with van der Waals surface area (Å²) in [5.74, 6) is 0.618. The van der Waals surface area contributed by atoms with Crippen LogP contribution in [0.2, 0.25) is 0 Å². The summed E-state index contributed by atoms with van der Waals surface area (Å²) in [6, 6.07) is 5.27. The number of hydrogen-bond acceptors (Lipinski definition) is 1. The molecule has 2 aromatic rings. The average Bonchev–Trinajstić information content (AvgIpc) is 3.16. The van der Waals surface area contributed by atoms with Gasteiger partial charge in [0.05, 0.1) is 0 Å². The summed E-state index contributed by atoms with van der Waals surface area (Å²) in [6.45, 7) is 0.753. The highest BCUT2D eigenvalue weighted by molar-refractivity contribution is 14.0. The minimum atomic E-state index is -0.201. The van der Waals surface area contributed by atoms with Crippen LogP contribution in [0.5, 0.6) is 0 Å². The second-order valence-corrected chi connectivity index (χ2v) is 5.54. The fourth-order valence-electron chi connectivity index (χ4n) is 2.80. The third kappa shape index (κ3) is 4.46. The first kappa shape index (κ1) is 17.8. The molecule has 124 valence electrons. The summed E-state index contributed by atoms with van der Waals surface area (Å²) in [6.07, 6.45) is 9.22. The topological polar surface area (TPSA) is 52.2 Å². The van der Waals surface area contributed by atoms with E-state index in [-0.39, 0.29) is 29.8 Å².